The van der Waals surface area contributed by atoms with Crippen molar-refractivity contribution in [2.45, 2.75) is 38.1 Å². The maximum Gasteiger partial charge on any atom is 0.260 e. The van der Waals surface area contributed by atoms with E-state index >= 15 is 0 Å². The first-order valence-electron chi connectivity index (χ1n) is 10.8. The van der Waals surface area contributed by atoms with E-state index in [-0.39, 0.29) is 19.3 Å². The Morgan fingerprint density at radius 1 is 1.17 bits per heavy atom. The zero-order valence-electron chi connectivity index (χ0n) is 17.3. The Balaban J connectivity index is 1.35. The number of hydrogen-bond acceptors (Lipinski definition) is 6. The summed E-state index contributed by atoms with van der Waals surface area (Å²) in [6.07, 6.45) is 6.28. The monoisotopic (exact) mass is 404 g/mol. The van der Waals surface area contributed by atoms with Gasteiger partial charge >= 0.3 is 0 Å². The van der Waals surface area contributed by atoms with Gasteiger partial charge in [-0.2, -0.15) is 0 Å². The zero-order chi connectivity index (χ0) is 20.1. The molecule has 1 aromatic rings. The van der Waals surface area contributed by atoms with Crippen molar-refractivity contribution < 1.29 is 23.7 Å². The van der Waals surface area contributed by atoms with Gasteiger partial charge in [0.15, 0.2) is 18.1 Å². The standard InChI is InChI=1S/C22H32N2O5/c1-26-12-11-24(14-17-5-4-10-23-9-3-2-6-19(17)23)22(25)15-27-18-7-8-20-21(13-18)29-16-28-20/h7-8,13,17,19H,2-6,9-12,14-16H2,1H3/t17-,19-/m0/s1. The fraction of sp³-hybridized carbons (Fsp3) is 0.682. The van der Waals surface area contributed by atoms with Gasteiger partial charge in [-0.3, -0.25) is 4.79 Å². The molecule has 7 nitrogen and oxygen atoms in total. The Morgan fingerprint density at radius 2 is 2.03 bits per heavy atom. The Labute approximate surface area is 172 Å². The molecule has 160 valence electrons. The lowest BCUT2D eigenvalue weighted by atomic mass is 9.83. The molecule has 0 aromatic heterocycles. The van der Waals surface area contributed by atoms with Crippen LogP contribution < -0.4 is 14.2 Å². The number of benzene rings is 1. The molecule has 29 heavy (non-hydrogen) atoms. The number of hydrogen-bond donors (Lipinski definition) is 0. The van der Waals surface area contributed by atoms with E-state index in [1.54, 1.807) is 19.2 Å². The SMILES string of the molecule is COCCN(C[C@@H]1CCCN2CCCC[C@@H]12)C(=O)COc1ccc2c(c1)OCO2. The van der Waals surface area contributed by atoms with E-state index in [1.165, 1.54) is 45.2 Å². The van der Waals surface area contributed by atoms with E-state index < -0.39 is 0 Å². The summed E-state index contributed by atoms with van der Waals surface area (Å²) in [6, 6.07) is 6.01. The van der Waals surface area contributed by atoms with Crippen LogP contribution in [-0.2, 0) is 9.53 Å². The molecule has 2 saturated heterocycles. The van der Waals surface area contributed by atoms with Gasteiger partial charge in [0, 0.05) is 32.3 Å². The van der Waals surface area contributed by atoms with E-state index in [1.807, 2.05) is 11.0 Å². The summed E-state index contributed by atoms with van der Waals surface area (Å²) in [4.78, 5) is 17.5. The van der Waals surface area contributed by atoms with E-state index in [0.717, 1.165) is 6.54 Å². The number of ether oxygens (including phenoxy) is 4. The Kier molecular flexibility index (Phi) is 6.77. The summed E-state index contributed by atoms with van der Waals surface area (Å²) < 4.78 is 21.7. The molecular formula is C22H32N2O5. The van der Waals surface area contributed by atoms with Crippen molar-refractivity contribution in [3.63, 3.8) is 0 Å². The second kappa shape index (κ2) is 9.67. The van der Waals surface area contributed by atoms with Crippen LogP contribution in [0, 0.1) is 5.92 Å². The van der Waals surface area contributed by atoms with Gasteiger partial charge in [0.2, 0.25) is 6.79 Å². The van der Waals surface area contributed by atoms with Crippen molar-refractivity contribution in [3.8, 4) is 17.2 Å². The topological polar surface area (TPSA) is 60.5 Å². The van der Waals surface area contributed by atoms with Crippen LogP contribution in [-0.4, -0.2) is 75.0 Å². The average molecular weight is 405 g/mol. The first kappa shape index (κ1) is 20.3. The number of nitrogens with zero attached hydrogens (tertiary/aromatic N) is 2. The molecule has 0 unspecified atom stereocenters. The van der Waals surface area contributed by atoms with Gasteiger partial charge in [-0.15, -0.1) is 0 Å². The number of carbonyl (C=O) groups excluding carboxylic acids is 1. The lowest BCUT2D eigenvalue weighted by molar-refractivity contribution is -0.135. The van der Waals surface area contributed by atoms with Crippen molar-refractivity contribution in [2.75, 3.05) is 53.3 Å². The highest BCUT2D eigenvalue weighted by molar-refractivity contribution is 5.77. The van der Waals surface area contributed by atoms with Crippen molar-refractivity contribution in [2.24, 2.45) is 5.92 Å². The average Bonchev–Trinajstić information content (AvgIpc) is 3.23. The van der Waals surface area contributed by atoms with Gasteiger partial charge in [0.1, 0.15) is 5.75 Å². The highest BCUT2D eigenvalue weighted by Crippen LogP contribution is 2.35. The summed E-state index contributed by atoms with van der Waals surface area (Å²) in [7, 11) is 1.68. The number of fused-ring (bicyclic) bond motifs is 2. The molecule has 1 amide bonds. The third-order valence-electron chi connectivity index (χ3n) is 6.31. The van der Waals surface area contributed by atoms with Gasteiger partial charge < -0.3 is 28.7 Å². The van der Waals surface area contributed by atoms with Gasteiger partial charge in [-0.05, 0) is 56.8 Å². The van der Waals surface area contributed by atoms with Gasteiger partial charge in [-0.1, -0.05) is 6.42 Å². The van der Waals surface area contributed by atoms with Crippen LogP contribution in [0.4, 0.5) is 0 Å². The van der Waals surface area contributed by atoms with E-state index in [0.29, 0.717) is 42.4 Å². The predicted octanol–water partition coefficient (Wildman–Crippen LogP) is 2.53. The van der Waals surface area contributed by atoms with Crippen LogP contribution in [0.5, 0.6) is 17.2 Å². The van der Waals surface area contributed by atoms with Crippen molar-refractivity contribution in [1.82, 2.24) is 9.80 Å². The summed E-state index contributed by atoms with van der Waals surface area (Å²) in [6.45, 7) is 4.58. The number of carbonyl (C=O) groups is 1. The highest BCUT2D eigenvalue weighted by Gasteiger charge is 2.34. The normalized spacial score (nSPS) is 23.5. The molecule has 2 atom stereocenters. The first-order valence-corrected chi connectivity index (χ1v) is 10.8. The largest absolute Gasteiger partial charge is 0.484 e. The third kappa shape index (κ3) is 4.95. The molecule has 3 aliphatic rings. The van der Waals surface area contributed by atoms with Crippen LogP contribution in [0.15, 0.2) is 18.2 Å². The third-order valence-corrected chi connectivity index (χ3v) is 6.31. The Hall–Kier alpha value is -1.99. The molecule has 3 aliphatic heterocycles. The van der Waals surface area contributed by atoms with Crippen LogP contribution in [0.3, 0.4) is 0 Å². The zero-order valence-corrected chi connectivity index (χ0v) is 17.3. The van der Waals surface area contributed by atoms with Crippen molar-refractivity contribution in [1.29, 1.82) is 0 Å². The fourth-order valence-corrected chi connectivity index (χ4v) is 4.80. The Morgan fingerprint density at radius 3 is 2.93 bits per heavy atom. The molecule has 0 aliphatic carbocycles. The maximum atomic E-state index is 13.0. The fourth-order valence-electron chi connectivity index (χ4n) is 4.80. The quantitative estimate of drug-likeness (QED) is 0.664. The highest BCUT2D eigenvalue weighted by atomic mass is 16.7. The van der Waals surface area contributed by atoms with E-state index in [9.17, 15) is 4.79 Å². The molecule has 4 rings (SSSR count). The minimum absolute atomic E-state index is 0.00708. The lowest BCUT2D eigenvalue weighted by Gasteiger charge is -2.45. The lowest BCUT2D eigenvalue weighted by Crippen LogP contribution is -2.52. The van der Waals surface area contributed by atoms with Gasteiger partial charge in [0.25, 0.3) is 5.91 Å². The number of amides is 1. The minimum atomic E-state index is 0.00708. The summed E-state index contributed by atoms with van der Waals surface area (Å²) in [5, 5.41) is 0. The van der Waals surface area contributed by atoms with Crippen LogP contribution in [0.2, 0.25) is 0 Å². The molecule has 0 radical (unpaired) electrons. The molecule has 0 bridgehead atoms. The van der Waals surface area contributed by atoms with Crippen molar-refractivity contribution in [3.05, 3.63) is 18.2 Å². The number of rotatable bonds is 8. The summed E-state index contributed by atoms with van der Waals surface area (Å²) in [5.41, 5.74) is 0. The molecule has 1 aromatic carbocycles. The molecule has 0 N–H and O–H groups in total. The number of methoxy groups -OCH3 is 1. The molecule has 3 heterocycles. The first-order chi connectivity index (χ1) is 14.2. The minimum Gasteiger partial charge on any atom is -0.484 e. The van der Waals surface area contributed by atoms with Crippen LogP contribution in [0.25, 0.3) is 0 Å². The van der Waals surface area contributed by atoms with E-state index in [2.05, 4.69) is 4.90 Å². The van der Waals surface area contributed by atoms with E-state index in [4.69, 9.17) is 18.9 Å². The molecule has 0 saturated carbocycles. The predicted molar refractivity (Wildman–Crippen MR) is 108 cm³/mol. The second-order valence-corrected chi connectivity index (χ2v) is 8.14. The summed E-state index contributed by atoms with van der Waals surface area (Å²) in [5.74, 6) is 2.53. The maximum absolute atomic E-state index is 13.0. The molecule has 7 heteroatoms. The van der Waals surface area contributed by atoms with Gasteiger partial charge in [-0.25, -0.2) is 0 Å². The van der Waals surface area contributed by atoms with Crippen molar-refractivity contribution >= 4 is 5.91 Å². The van der Waals surface area contributed by atoms with Gasteiger partial charge in [0.05, 0.1) is 6.61 Å². The van der Waals surface area contributed by atoms with Crippen LogP contribution >= 0.6 is 0 Å². The molecule has 2 fully saturated rings. The number of piperidine rings is 2. The second-order valence-electron chi connectivity index (χ2n) is 8.14. The smallest absolute Gasteiger partial charge is 0.260 e. The summed E-state index contributed by atoms with van der Waals surface area (Å²) >= 11 is 0. The Bertz CT molecular complexity index is 696. The molecular weight excluding hydrogens is 372 g/mol. The van der Waals surface area contributed by atoms with Crippen LogP contribution in [0.1, 0.15) is 32.1 Å². The molecule has 0 spiro atoms.